The number of benzene rings is 3. The molecule has 0 unspecified atom stereocenters. The highest BCUT2D eigenvalue weighted by atomic mass is 32.2. The van der Waals surface area contributed by atoms with E-state index in [0.717, 1.165) is 15.4 Å². The molecule has 238 valence electrons. The number of carbonyl (C=O) groups excluding carboxylic acids is 2. The Balaban J connectivity index is 2.08. The lowest BCUT2D eigenvalue weighted by Crippen LogP contribution is -2.51. The van der Waals surface area contributed by atoms with Crippen LogP contribution in [0.2, 0.25) is 0 Å². The van der Waals surface area contributed by atoms with Crippen molar-refractivity contribution in [2.75, 3.05) is 38.2 Å². The van der Waals surface area contributed by atoms with Crippen molar-refractivity contribution in [2.45, 2.75) is 52.1 Å². The van der Waals surface area contributed by atoms with Gasteiger partial charge in [-0.1, -0.05) is 38.1 Å². The summed E-state index contributed by atoms with van der Waals surface area (Å²) in [5, 5.41) is 2.90. The van der Waals surface area contributed by atoms with Gasteiger partial charge in [-0.25, -0.2) is 8.42 Å². The number of methoxy groups -OCH3 is 2. The number of nitrogens with one attached hydrogen (secondary N) is 1. The van der Waals surface area contributed by atoms with E-state index in [-0.39, 0.29) is 34.7 Å². The lowest BCUT2D eigenvalue weighted by Gasteiger charge is -2.32. The monoisotopic (exact) mass is 625 g/mol. The Hall–Kier alpha value is -4.25. The molecular weight excluding hydrogens is 582 g/mol. The fourth-order valence-electron chi connectivity index (χ4n) is 4.51. The van der Waals surface area contributed by atoms with E-state index < -0.39 is 28.5 Å². The molecule has 3 aromatic carbocycles. The van der Waals surface area contributed by atoms with E-state index in [0.29, 0.717) is 24.7 Å². The van der Waals surface area contributed by atoms with Crippen molar-refractivity contribution in [3.05, 3.63) is 77.9 Å². The van der Waals surface area contributed by atoms with Crippen LogP contribution in [0.3, 0.4) is 0 Å². The molecule has 1 N–H and O–H groups in total. The highest BCUT2D eigenvalue weighted by Gasteiger charge is 2.33. The van der Waals surface area contributed by atoms with Crippen LogP contribution in [0.15, 0.2) is 71.6 Å². The first-order valence-electron chi connectivity index (χ1n) is 14.5. The van der Waals surface area contributed by atoms with Gasteiger partial charge >= 0.3 is 0 Å². The maximum absolute atomic E-state index is 14.2. The summed E-state index contributed by atoms with van der Waals surface area (Å²) in [6.45, 7) is 9.84. The van der Waals surface area contributed by atoms with Crippen molar-refractivity contribution in [2.24, 2.45) is 5.92 Å². The van der Waals surface area contributed by atoms with Crippen LogP contribution in [0, 0.1) is 12.8 Å². The molecule has 0 heterocycles. The van der Waals surface area contributed by atoms with E-state index in [1.165, 1.54) is 37.3 Å². The molecule has 44 heavy (non-hydrogen) atoms. The number of sulfonamides is 1. The number of anilines is 1. The highest BCUT2D eigenvalue weighted by molar-refractivity contribution is 7.92. The largest absolute Gasteiger partial charge is 0.494 e. The summed E-state index contributed by atoms with van der Waals surface area (Å²) in [7, 11) is -1.43. The Morgan fingerprint density at radius 2 is 1.57 bits per heavy atom. The van der Waals surface area contributed by atoms with Crippen molar-refractivity contribution in [3.63, 3.8) is 0 Å². The molecule has 0 spiro atoms. The van der Waals surface area contributed by atoms with Crippen molar-refractivity contribution in [3.8, 4) is 17.2 Å². The molecular formula is C33H43N3O7S. The van der Waals surface area contributed by atoms with Crippen molar-refractivity contribution in [1.29, 1.82) is 0 Å². The summed E-state index contributed by atoms with van der Waals surface area (Å²) < 4.78 is 45.6. The van der Waals surface area contributed by atoms with E-state index in [2.05, 4.69) is 5.32 Å². The Labute approximate surface area is 261 Å². The molecule has 1 atom stereocenters. The van der Waals surface area contributed by atoms with Crippen molar-refractivity contribution >= 4 is 27.5 Å². The van der Waals surface area contributed by atoms with Gasteiger partial charge in [0.15, 0.2) is 11.5 Å². The van der Waals surface area contributed by atoms with Gasteiger partial charge < -0.3 is 24.4 Å². The summed E-state index contributed by atoms with van der Waals surface area (Å²) in [4.78, 5) is 28.7. The number of hydrogen-bond donors (Lipinski definition) is 1. The molecule has 2 amide bonds. The Bertz CT molecular complexity index is 1520. The molecule has 0 aromatic heterocycles. The fraction of sp³-hybridized carbons (Fsp3) is 0.394. The fourth-order valence-corrected chi connectivity index (χ4v) is 5.94. The zero-order valence-corrected chi connectivity index (χ0v) is 27.3. The van der Waals surface area contributed by atoms with Crippen LogP contribution < -0.4 is 23.8 Å². The van der Waals surface area contributed by atoms with E-state index in [1.54, 1.807) is 31.2 Å². The highest BCUT2D eigenvalue weighted by Crippen LogP contribution is 2.33. The molecule has 10 nitrogen and oxygen atoms in total. The normalized spacial score (nSPS) is 11.9. The van der Waals surface area contributed by atoms with Gasteiger partial charge in [0.2, 0.25) is 11.8 Å². The number of nitrogens with zero attached hydrogens (tertiary/aromatic N) is 2. The molecule has 0 fully saturated rings. The summed E-state index contributed by atoms with van der Waals surface area (Å²) >= 11 is 0. The number of rotatable bonds is 15. The Kier molecular flexibility index (Phi) is 12.0. The Morgan fingerprint density at radius 3 is 2.16 bits per heavy atom. The van der Waals surface area contributed by atoms with Crippen LogP contribution in [0.25, 0.3) is 0 Å². The minimum atomic E-state index is -4.30. The predicted molar refractivity (Wildman–Crippen MR) is 171 cm³/mol. The lowest BCUT2D eigenvalue weighted by atomic mass is 10.1. The quantitative estimate of drug-likeness (QED) is 0.258. The lowest BCUT2D eigenvalue weighted by molar-refractivity contribution is -0.139. The van der Waals surface area contributed by atoms with Gasteiger partial charge in [-0.05, 0) is 74.2 Å². The van der Waals surface area contributed by atoms with Gasteiger partial charge in [0.25, 0.3) is 10.0 Å². The zero-order valence-electron chi connectivity index (χ0n) is 26.5. The molecule has 11 heteroatoms. The third kappa shape index (κ3) is 8.43. The van der Waals surface area contributed by atoms with Gasteiger partial charge in [-0.15, -0.1) is 0 Å². The second-order valence-corrected chi connectivity index (χ2v) is 12.6. The molecule has 0 aliphatic carbocycles. The molecule has 0 aliphatic heterocycles. The molecule has 0 saturated carbocycles. The van der Waals surface area contributed by atoms with Crippen LogP contribution >= 0.6 is 0 Å². The second kappa shape index (κ2) is 15.5. The number of ether oxygens (including phenoxy) is 3. The minimum Gasteiger partial charge on any atom is -0.494 e. The average molecular weight is 626 g/mol. The van der Waals surface area contributed by atoms with E-state index in [4.69, 9.17) is 14.2 Å². The number of carbonyl (C=O) groups is 2. The molecule has 3 rings (SSSR count). The van der Waals surface area contributed by atoms with E-state index in [9.17, 15) is 18.0 Å². The van der Waals surface area contributed by atoms with Crippen LogP contribution in [0.4, 0.5) is 5.69 Å². The summed E-state index contributed by atoms with van der Waals surface area (Å²) in [5.74, 6) is 0.495. The maximum Gasteiger partial charge on any atom is 0.264 e. The topological polar surface area (TPSA) is 114 Å². The zero-order chi connectivity index (χ0) is 32.4. The first-order valence-corrected chi connectivity index (χ1v) is 16.0. The van der Waals surface area contributed by atoms with Crippen molar-refractivity contribution < 1.29 is 32.2 Å². The first kappa shape index (κ1) is 34.2. The third-order valence-corrected chi connectivity index (χ3v) is 8.88. The standard InChI is InChI=1S/C33H43N3O7S/c1-8-43-28-15-13-27(14-16-28)36(44(39,40)29-17-18-30(41-6)31(19-29)42-7)22-32(37)35(21-26-12-10-9-11-24(26)4)25(5)33(38)34-20-23(2)3/h9-19,23,25H,8,20-22H2,1-7H3,(H,34,38)/t25-/m0/s1. The minimum absolute atomic E-state index is 0.0926. The summed E-state index contributed by atoms with van der Waals surface area (Å²) in [6, 6.07) is 17.4. The van der Waals surface area contributed by atoms with Crippen LogP contribution in [-0.4, -0.2) is 65.1 Å². The number of aryl methyl sites for hydroxylation is 1. The molecule has 0 aliphatic rings. The average Bonchev–Trinajstić information content (AvgIpc) is 3.01. The van der Waals surface area contributed by atoms with E-state index >= 15 is 0 Å². The summed E-state index contributed by atoms with van der Waals surface area (Å²) in [6.07, 6.45) is 0. The van der Waals surface area contributed by atoms with Gasteiger partial charge in [-0.3, -0.25) is 13.9 Å². The van der Waals surface area contributed by atoms with Crippen LogP contribution in [0.5, 0.6) is 17.2 Å². The molecule has 3 aromatic rings. The first-order chi connectivity index (χ1) is 20.9. The summed E-state index contributed by atoms with van der Waals surface area (Å²) in [5.41, 5.74) is 2.05. The number of amides is 2. The predicted octanol–water partition coefficient (Wildman–Crippen LogP) is 4.80. The van der Waals surface area contributed by atoms with Crippen LogP contribution in [-0.2, 0) is 26.2 Å². The number of hydrogen-bond acceptors (Lipinski definition) is 7. The molecule has 0 saturated heterocycles. The van der Waals surface area contributed by atoms with Crippen molar-refractivity contribution in [1.82, 2.24) is 10.2 Å². The SMILES string of the molecule is CCOc1ccc(N(CC(=O)N(Cc2ccccc2C)[C@@H](C)C(=O)NCC(C)C)S(=O)(=O)c2ccc(OC)c(OC)c2)cc1. The van der Waals surface area contributed by atoms with Gasteiger partial charge in [0.05, 0.1) is 31.4 Å². The second-order valence-electron chi connectivity index (χ2n) is 10.7. The molecule has 0 bridgehead atoms. The van der Waals surface area contributed by atoms with Crippen LogP contribution in [0.1, 0.15) is 38.8 Å². The van der Waals surface area contributed by atoms with Gasteiger partial charge in [-0.2, -0.15) is 0 Å². The smallest absolute Gasteiger partial charge is 0.264 e. The maximum atomic E-state index is 14.2. The van der Waals surface area contributed by atoms with Gasteiger partial charge in [0.1, 0.15) is 18.3 Å². The van der Waals surface area contributed by atoms with E-state index in [1.807, 2.05) is 52.0 Å². The third-order valence-electron chi connectivity index (χ3n) is 7.11. The molecule has 0 radical (unpaired) electrons. The Morgan fingerprint density at radius 1 is 0.909 bits per heavy atom. The van der Waals surface area contributed by atoms with Gasteiger partial charge in [0, 0.05) is 19.2 Å².